The molecule has 0 aliphatic carbocycles. The van der Waals surface area contributed by atoms with Crippen LogP contribution < -0.4 is 11.1 Å². The first kappa shape index (κ1) is 17.8. The molecule has 0 amide bonds. The van der Waals surface area contributed by atoms with E-state index in [1.165, 1.54) is 6.08 Å². The van der Waals surface area contributed by atoms with Crippen LogP contribution in [0.5, 0.6) is 0 Å². The van der Waals surface area contributed by atoms with E-state index in [9.17, 15) is 4.79 Å². The van der Waals surface area contributed by atoms with Crippen LogP contribution in [0, 0.1) is 5.41 Å². The van der Waals surface area contributed by atoms with E-state index in [2.05, 4.69) is 5.32 Å². The molecule has 0 bridgehead atoms. The molecule has 0 spiro atoms. The number of rotatable bonds is 6. The lowest BCUT2D eigenvalue weighted by molar-refractivity contribution is -0.131. The summed E-state index contributed by atoms with van der Waals surface area (Å²) in [6, 6.07) is 10.2. The van der Waals surface area contributed by atoms with E-state index in [-0.39, 0.29) is 5.71 Å². The zero-order chi connectivity index (χ0) is 17.7. The van der Waals surface area contributed by atoms with Gasteiger partial charge in [-0.15, -0.1) is 0 Å². The molecule has 0 saturated heterocycles. The van der Waals surface area contributed by atoms with Gasteiger partial charge in [0, 0.05) is 39.6 Å². The van der Waals surface area contributed by atoms with Crippen LogP contribution in [0.15, 0.2) is 48.6 Å². The van der Waals surface area contributed by atoms with Crippen molar-refractivity contribution in [1.82, 2.24) is 0 Å². The first-order valence-electron chi connectivity index (χ1n) is 6.94. The highest BCUT2D eigenvalue weighted by atomic mass is 35.5. The fraction of sp³-hybridized carbons (Fsp3) is 0.0588. The molecule has 0 heterocycles. The molecule has 0 aliphatic heterocycles. The third-order valence-corrected chi connectivity index (χ3v) is 3.80. The number of hydrogen-bond donors (Lipinski definition) is 4. The smallest absolute Gasteiger partial charge is 0.328 e. The van der Waals surface area contributed by atoms with Gasteiger partial charge >= 0.3 is 5.97 Å². The molecule has 0 aromatic heterocycles. The van der Waals surface area contributed by atoms with Crippen LogP contribution in [0.1, 0.15) is 11.1 Å². The summed E-state index contributed by atoms with van der Waals surface area (Å²) in [5.74, 6) is -1.11. The summed E-state index contributed by atoms with van der Waals surface area (Å²) >= 11 is 12.0. The van der Waals surface area contributed by atoms with Gasteiger partial charge in [-0.1, -0.05) is 29.3 Å². The number of carboxylic acids is 1. The van der Waals surface area contributed by atoms with Crippen molar-refractivity contribution in [2.45, 2.75) is 6.54 Å². The van der Waals surface area contributed by atoms with E-state index in [4.69, 9.17) is 39.5 Å². The lowest BCUT2D eigenvalue weighted by Gasteiger charge is -2.13. The molecule has 2 aromatic rings. The van der Waals surface area contributed by atoms with Crippen molar-refractivity contribution in [3.63, 3.8) is 0 Å². The second-order valence-electron chi connectivity index (χ2n) is 4.98. The molecule has 24 heavy (non-hydrogen) atoms. The van der Waals surface area contributed by atoms with Crippen molar-refractivity contribution in [2.75, 3.05) is 11.1 Å². The SMILES string of the molecule is N=C(/C=C/C(=O)O)c1ccc(N)cc1NCc1ccc(Cl)cc1Cl. The van der Waals surface area contributed by atoms with Crippen LogP contribution in [0.25, 0.3) is 0 Å². The van der Waals surface area contributed by atoms with Gasteiger partial charge in [0.05, 0.1) is 5.71 Å². The Morgan fingerprint density at radius 1 is 1.21 bits per heavy atom. The number of carbonyl (C=O) groups is 1. The number of nitrogen functional groups attached to an aromatic ring is 1. The van der Waals surface area contributed by atoms with Crippen LogP contribution >= 0.6 is 23.2 Å². The molecular weight excluding hydrogens is 349 g/mol. The summed E-state index contributed by atoms with van der Waals surface area (Å²) in [5, 5.41) is 20.9. The van der Waals surface area contributed by atoms with E-state index < -0.39 is 5.97 Å². The normalized spacial score (nSPS) is 10.8. The van der Waals surface area contributed by atoms with Gasteiger partial charge in [-0.3, -0.25) is 0 Å². The van der Waals surface area contributed by atoms with Crippen molar-refractivity contribution < 1.29 is 9.90 Å². The molecule has 0 aliphatic rings. The highest BCUT2D eigenvalue weighted by Gasteiger charge is 2.08. The van der Waals surface area contributed by atoms with Crippen LogP contribution in [-0.2, 0) is 11.3 Å². The molecule has 124 valence electrons. The number of hydrogen-bond acceptors (Lipinski definition) is 4. The third-order valence-electron chi connectivity index (χ3n) is 3.21. The molecule has 5 N–H and O–H groups in total. The number of benzene rings is 2. The Kier molecular flexibility index (Phi) is 5.84. The van der Waals surface area contributed by atoms with Gasteiger partial charge in [0.15, 0.2) is 0 Å². The summed E-state index contributed by atoms with van der Waals surface area (Å²) in [5.41, 5.74) is 8.37. The molecule has 5 nitrogen and oxygen atoms in total. The number of nitrogens with one attached hydrogen (secondary N) is 2. The van der Waals surface area contributed by atoms with E-state index in [1.807, 2.05) is 0 Å². The van der Waals surface area contributed by atoms with Gasteiger partial charge in [-0.25, -0.2) is 4.79 Å². The fourth-order valence-electron chi connectivity index (χ4n) is 2.04. The summed E-state index contributed by atoms with van der Waals surface area (Å²) in [4.78, 5) is 10.6. The van der Waals surface area contributed by atoms with Gasteiger partial charge < -0.3 is 21.6 Å². The number of nitrogens with two attached hydrogens (primary N) is 1. The average Bonchev–Trinajstić information content (AvgIpc) is 2.52. The summed E-state index contributed by atoms with van der Waals surface area (Å²) in [6.07, 6.45) is 2.13. The number of allylic oxidation sites excluding steroid dienone is 1. The predicted molar refractivity (Wildman–Crippen MR) is 98.2 cm³/mol. The Bertz CT molecular complexity index is 819. The first-order chi connectivity index (χ1) is 11.4. The first-order valence-corrected chi connectivity index (χ1v) is 7.69. The average molecular weight is 364 g/mol. The molecule has 2 rings (SSSR count). The maximum absolute atomic E-state index is 10.6. The number of aliphatic carboxylic acids is 1. The highest BCUT2D eigenvalue weighted by Crippen LogP contribution is 2.24. The molecule has 7 heteroatoms. The zero-order valence-electron chi connectivity index (χ0n) is 12.5. The topological polar surface area (TPSA) is 99.2 Å². The minimum absolute atomic E-state index is 0.0575. The van der Waals surface area contributed by atoms with Crippen molar-refractivity contribution >= 4 is 46.3 Å². The van der Waals surface area contributed by atoms with Gasteiger partial charge in [-0.05, 0) is 42.0 Å². The monoisotopic (exact) mass is 363 g/mol. The number of carboxylic acid groups (broad SMARTS) is 1. The minimum Gasteiger partial charge on any atom is -0.478 e. The zero-order valence-corrected chi connectivity index (χ0v) is 14.0. The van der Waals surface area contributed by atoms with E-state index in [0.29, 0.717) is 33.5 Å². The van der Waals surface area contributed by atoms with E-state index in [0.717, 1.165) is 11.6 Å². The van der Waals surface area contributed by atoms with Crippen LogP contribution in [0.2, 0.25) is 10.0 Å². The van der Waals surface area contributed by atoms with Gasteiger partial charge in [-0.2, -0.15) is 0 Å². The summed E-state index contributed by atoms with van der Waals surface area (Å²) in [7, 11) is 0. The Balaban J connectivity index is 2.24. The quantitative estimate of drug-likeness (QED) is 0.351. The maximum Gasteiger partial charge on any atom is 0.328 e. The molecule has 0 unspecified atom stereocenters. The summed E-state index contributed by atoms with van der Waals surface area (Å²) < 4.78 is 0. The second kappa shape index (κ2) is 7.86. The van der Waals surface area contributed by atoms with Crippen molar-refractivity contribution in [3.8, 4) is 0 Å². The van der Waals surface area contributed by atoms with Gasteiger partial charge in [0.1, 0.15) is 0 Å². The van der Waals surface area contributed by atoms with E-state index in [1.54, 1.807) is 36.4 Å². The van der Waals surface area contributed by atoms with Crippen molar-refractivity contribution in [2.24, 2.45) is 0 Å². The molecule has 0 atom stereocenters. The Hall–Kier alpha value is -2.50. The third kappa shape index (κ3) is 4.75. The minimum atomic E-state index is -1.11. The van der Waals surface area contributed by atoms with Crippen LogP contribution in [0.3, 0.4) is 0 Å². The fourth-order valence-corrected chi connectivity index (χ4v) is 2.52. The number of halogens is 2. The number of anilines is 2. The van der Waals surface area contributed by atoms with Gasteiger partial charge in [0.2, 0.25) is 0 Å². The van der Waals surface area contributed by atoms with Gasteiger partial charge in [0.25, 0.3) is 0 Å². The molecule has 2 aromatic carbocycles. The second-order valence-corrected chi connectivity index (χ2v) is 5.82. The summed E-state index contributed by atoms with van der Waals surface area (Å²) in [6.45, 7) is 0.405. The molecule has 0 saturated carbocycles. The maximum atomic E-state index is 10.6. The lowest BCUT2D eigenvalue weighted by Crippen LogP contribution is -2.07. The largest absolute Gasteiger partial charge is 0.478 e. The molecule has 0 fully saturated rings. The Morgan fingerprint density at radius 2 is 1.96 bits per heavy atom. The highest BCUT2D eigenvalue weighted by molar-refractivity contribution is 6.35. The molecular formula is C17H15Cl2N3O2. The van der Waals surface area contributed by atoms with Crippen LogP contribution in [-0.4, -0.2) is 16.8 Å². The van der Waals surface area contributed by atoms with Crippen LogP contribution in [0.4, 0.5) is 11.4 Å². The van der Waals surface area contributed by atoms with E-state index >= 15 is 0 Å². The standard InChI is InChI=1S/C17H15Cl2N3O2/c18-11-2-1-10(14(19)7-11)9-22-16-8-12(20)3-4-13(16)15(21)5-6-17(23)24/h1-8,21-22H,9,20H2,(H,23,24)/b6-5+,21-15?. The Morgan fingerprint density at radius 3 is 2.62 bits per heavy atom. The van der Waals surface area contributed by atoms with Crippen molar-refractivity contribution in [3.05, 3.63) is 69.7 Å². The predicted octanol–water partition coefficient (Wildman–Crippen LogP) is 4.20. The Labute approximate surface area is 149 Å². The lowest BCUT2D eigenvalue weighted by atomic mass is 10.1. The van der Waals surface area contributed by atoms with Crippen molar-refractivity contribution in [1.29, 1.82) is 5.41 Å². The molecule has 0 radical (unpaired) electrons.